The van der Waals surface area contributed by atoms with Crippen LogP contribution in [0.1, 0.15) is 22.8 Å². The Balaban J connectivity index is 3.15. The van der Waals surface area contributed by atoms with Gasteiger partial charge in [-0.25, -0.2) is 0 Å². The Labute approximate surface area is 107 Å². The van der Waals surface area contributed by atoms with Crippen LogP contribution in [0.3, 0.4) is 0 Å². The van der Waals surface area contributed by atoms with Crippen LogP contribution in [-0.2, 0) is 6.18 Å². The van der Waals surface area contributed by atoms with Gasteiger partial charge in [0, 0.05) is 10.0 Å². The van der Waals surface area contributed by atoms with E-state index in [-0.39, 0.29) is 15.8 Å². The lowest BCUT2D eigenvalue weighted by atomic mass is 10.1. The van der Waals surface area contributed by atoms with Gasteiger partial charge in [-0.15, -0.1) is 0 Å². The molecule has 0 amide bonds. The molecule has 6 heteroatoms. The molecule has 0 aliphatic rings. The van der Waals surface area contributed by atoms with Crippen molar-refractivity contribution in [2.45, 2.75) is 17.9 Å². The SMILES string of the molecule is CC(Br)C(=O)c1ccc(C(F)(F)F)cc1Br. The van der Waals surface area contributed by atoms with Crippen molar-refractivity contribution >= 4 is 37.6 Å². The van der Waals surface area contributed by atoms with Crippen LogP contribution >= 0.6 is 31.9 Å². The second kappa shape index (κ2) is 4.87. The number of carbonyl (C=O) groups excluding carboxylic acids is 1. The highest BCUT2D eigenvalue weighted by Gasteiger charge is 2.31. The minimum Gasteiger partial charge on any atom is -0.293 e. The smallest absolute Gasteiger partial charge is 0.293 e. The van der Waals surface area contributed by atoms with Crippen LogP contribution < -0.4 is 0 Å². The van der Waals surface area contributed by atoms with E-state index in [1.165, 1.54) is 6.07 Å². The predicted molar refractivity (Wildman–Crippen MR) is 61.9 cm³/mol. The number of alkyl halides is 4. The Bertz CT molecular complexity index is 413. The molecule has 0 aliphatic heterocycles. The molecule has 1 atom stereocenters. The zero-order chi connectivity index (χ0) is 12.5. The second-order valence-corrected chi connectivity index (χ2v) is 5.40. The zero-order valence-corrected chi connectivity index (χ0v) is 11.3. The Kier molecular flexibility index (Phi) is 4.17. The first-order chi connectivity index (χ1) is 7.23. The van der Waals surface area contributed by atoms with Crippen molar-refractivity contribution in [3.8, 4) is 0 Å². The van der Waals surface area contributed by atoms with E-state index in [4.69, 9.17) is 0 Å². The van der Waals surface area contributed by atoms with E-state index in [2.05, 4.69) is 31.9 Å². The van der Waals surface area contributed by atoms with E-state index >= 15 is 0 Å². The number of ketones is 1. The van der Waals surface area contributed by atoms with E-state index in [1.807, 2.05) is 0 Å². The summed E-state index contributed by atoms with van der Waals surface area (Å²) in [5.74, 6) is -0.263. The Hall–Kier alpha value is -0.360. The van der Waals surface area contributed by atoms with Gasteiger partial charge in [0.25, 0.3) is 0 Å². The van der Waals surface area contributed by atoms with Gasteiger partial charge in [0.1, 0.15) is 0 Å². The molecule has 0 spiro atoms. The van der Waals surface area contributed by atoms with Gasteiger partial charge in [-0.2, -0.15) is 13.2 Å². The quantitative estimate of drug-likeness (QED) is 0.563. The number of benzene rings is 1. The lowest BCUT2D eigenvalue weighted by Gasteiger charge is -2.10. The summed E-state index contributed by atoms with van der Waals surface area (Å²) >= 11 is 6.04. The van der Waals surface area contributed by atoms with Crippen LogP contribution in [-0.4, -0.2) is 10.6 Å². The first kappa shape index (κ1) is 13.7. The topological polar surface area (TPSA) is 17.1 Å². The van der Waals surface area contributed by atoms with Crippen LogP contribution in [0.2, 0.25) is 0 Å². The monoisotopic (exact) mass is 358 g/mol. The van der Waals surface area contributed by atoms with Gasteiger partial charge in [0.2, 0.25) is 0 Å². The molecule has 0 fully saturated rings. The highest BCUT2D eigenvalue weighted by molar-refractivity contribution is 9.10. The third-order valence-corrected chi connectivity index (χ3v) is 3.00. The molecule has 0 aromatic heterocycles. The molecule has 0 N–H and O–H groups in total. The lowest BCUT2D eigenvalue weighted by molar-refractivity contribution is -0.137. The molecule has 0 aliphatic carbocycles. The number of halogens is 5. The number of hydrogen-bond acceptors (Lipinski definition) is 1. The zero-order valence-electron chi connectivity index (χ0n) is 8.11. The van der Waals surface area contributed by atoms with Gasteiger partial charge >= 0.3 is 6.18 Å². The van der Waals surface area contributed by atoms with Gasteiger partial charge in [-0.3, -0.25) is 4.79 Å². The third-order valence-electron chi connectivity index (χ3n) is 1.92. The molecular weight excluding hydrogens is 353 g/mol. The summed E-state index contributed by atoms with van der Waals surface area (Å²) in [7, 11) is 0. The molecule has 0 radical (unpaired) electrons. The number of carbonyl (C=O) groups is 1. The summed E-state index contributed by atoms with van der Waals surface area (Å²) in [4.78, 5) is 11.1. The van der Waals surface area contributed by atoms with Crippen LogP contribution in [0.4, 0.5) is 13.2 Å². The molecule has 1 aromatic rings. The van der Waals surface area contributed by atoms with E-state index in [0.717, 1.165) is 12.1 Å². The Morgan fingerprint density at radius 3 is 2.31 bits per heavy atom. The molecule has 1 rings (SSSR count). The van der Waals surface area contributed by atoms with Gasteiger partial charge in [0.15, 0.2) is 5.78 Å². The van der Waals surface area contributed by atoms with Crippen molar-refractivity contribution in [3.05, 3.63) is 33.8 Å². The number of Topliss-reactive ketones (excluding diaryl/α,β-unsaturated/α-hetero) is 1. The van der Waals surface area contributed by atoms with Crippen molar-refractivity contribution in [3.63, 3.8) is 0 Å². The average molecular weight is 360 g/mol. The van der Waals surface area contributed by atoms with E-state index in [0.29, 0.717) is 0 Å². The maximum atomic E-state index is 12.3. The fraction of sp³-hybridized carbons (Fsp3) is 0.300. The minimum absolute atomic E-state index is 0.152. The third kappa shape index (κ3) is 3.07. The summed E-state index contributed by atoms with van der Waals surface area (Å²) in [5.41, 5.74) is -0.546. The molecule has 0 bridgehead atoms. The molecule has 0 saturated carbocycles. The Morgan fingerprint density at radius 1 is 1.38 bits per heavy atom. The first-order valence-electron chi connectivity index (χ1n) is 4.28. The van der Waals surface area contributed by atoms with Gasteiger partial charge in [-0.05, 0) is 25.1 Å². The van der Waals surface area contributed by atoms with E-state index in [1.54, 1.807) is 6.92 Å². The fourth-order valence-corrected chi connectivity index (χ4v) is 1.93. The number of hydrogen-bond donors (Lipinski definition) is 0. The number of rotatable bonds is 2. The van der Waals surface area contributed by atoms with Crippen molar-refractivity contribution in [2.24, 2.45) is 0 Å². The second-order valence-electron chi connectivity index (χ2n) is 3.17. The highest BCUT2D eigenvalue weighted by Crippen LogP contribution is 2.32. The average Bonchev–Trinajstić information content (AvgIpc) is 2.15. The van der Waals surface area contributed by atoms with Crippen LogP contribution in [0, 0.1) is 0 Å². The Morgan fingerprint density at radius 2 is 1.94 bits per heavy atom. The molecule has 0 saturated heterocycles. The summed E-state index contributed by atoms with van der Waals surface area (Å²) < 4.78 is 37.2. The molecule has 0 heterocycles. The largest absolute Gasteiger partial charge is 0.416 e. The first-order valence-corrected chi connectivity index (χ1v) is 5.99. The maximum Gasteiger partial charge on any atom is 0.416 e. The molecule has 88 valence electrons. The predicted octanol–water partition coefficient (Wildman–Crippen LogP) is 4.43. The molecule has 1 nitrogen and oxygen atoms in total. The van der Waals surface area contributed by atoms with Crippen molar-refractivity contribution in [1.82, 2.24) is 0 Å². The van der Waals surface area contributed by atoms with Crippen LogP contribution in [0.25, 0.3) is 0 Å². The molecule has 16 heavy (non-hydrogen) atoms. The minimum atomic E-state index is -4.40. The van der Waals surface area contributed by atoms with Gasteiger partial charge < -0.3 is 0 Å². The molecule has 1 aromatic carbocycles. The van der Waals surface area contributed by atoms with E-state index in [9.17, 15) is 18.0 Å². The van der Waals surface area contributed by atoms with Gasteiger partial charge in [0.05, 0.1) is 10.4 Å². The van der Waals surface area contributed by atoms with Crippen molar-refractivity contribution in [1.29, 1.82) is 0 Å². The molecule has 1 unspecified atom stereocenters. The highest BCUT2D eigenvalue weighted by atomic mass is 79.9. The van der Waals surface area contributed by atoms with Gasteiger partial charge in [-0.1, -0.05) is 31.9 Å². The summed E-state index contributed by atoms with van der Waals surface area (Å²) in [6.45, 7) is 1.62. The summed E-state index contributed by atoms with van der Waals surface area (Å²) in [6.07, 6.45) is -4.40. The van der Waals surface area contributed by atoms with Crippen LogP contribution in [0.5, 0.6) is 0 Å². The maximum absolute atomic E-state index is 12.3. The fourth-order valence-electron chi connectivity index (χ4n) is 1.11. The normalized spacial score (nSPS) is 13.6. The lowest BCUT2D eigenvalue weighted by Crippen LogP contribution is -2.12. The molecular formula is C10H7Br2F3O. The standard InChI is InChI=1S/C10H7Br2F3O/c1-5(11)9(16)7-3-2-6(4-8(7)12)10(13,14)15/h2-5H,1H3. The van der Waals surface area contributed by atoms with Crippen molar-refractivity contribution in [2.75, 3.05) is 0 Å². The van der Waals surface area contributed by atoms with E-state index < -0.39 is 16.6 Å². The van der Waals surface area contributed by atoms with Crippen LogP contribution in [0.15, 0.2) is 22.7 Å². The summed E-state index contributed by atoms with van der Waals surface area (Å²) in [6, 6.07) is 2.98. The van der Waals surface area contributed by atoms with Crippen molar-refractivity contribution < 1.29 is 18.0 Å². The summed E-state index contributed by atoms with van der Waals surface area (Å²) in [5, 5.41) is 0.